The number of aliphatic hydroxyl groups is 3. The summed E-state index contributed by atoms with van der Waals surface area (Å²) in [6, 6.07) is -0.164. The standard InChI is InChI=1S/C53H111N7O21S5Si/c1-5-8-10-12-14-16-18-33-60(4,34-19-17-15-13-11-9-6-2)35-20-36-87(79-51(45-84(70,71)72)40-57-27-21-54(22-28-57)37-48(61)7-3,80-52(46-85(73,74)75)41-58-29-23-55(24-30-58)38-49(62)43-82(64,65)66)81-53(47-86(76,77)78)42-59-31-25-56(26-32-59)39-50(63)44-83(67,68)69/h48-53,61-63H,5-47H2,1-4H3,(H4-,64,65,66,67,68,69,70,71,72,73,74,75,76,77,78)/p+1. The van der Waals surface area contributed by atoms with Gasteiger partial charge in [0, 0.05) is 130 Å². The van der Waals surface area contributed by atoms with E-state index >= 15 is 0 Å². The first-order valence-corrected chi connectivity index (χ1v) is 41.6. The van der Waals surface area contributed by atoms with Crippen molar-refractivity contribution >= 4 is 59.4 Å². The molecular weight excluding hydrogens is 1260 g/mol. The number of rotatable bonds is 49. The number of hydrogen-bond acceptors (Lipinski definition) is 22. The van der Waals surface area contributed by atoms with Gasteiger partial charge in [-0.2, -0.15) is 42.1 Å². The first-order chi connectivity index (χ1) is 40.6. The van der Waals surface area contributed by atoms with Gasteiger partial charge in [-0.1, -0.05) is 85.0 Å². The SMILES string of the molecule is CCCCCCCCC[N+](C)(CCCCCCCCC)CCC[Si](OC(CN1CCN(CC(O)CC)CC1)CS(=O)(=O)O)(OC(CN1CCN(CC(O)CS(=O)(=O)O)CC1)CS(=O)(=O)O)OC(CN1CCN(CC(O)CS(=O)(=O)O)CC1)CS(=O)(=O)O. The lowest BCUT2D eigenvalue weighted by Gasteiger charge is -2.43. The predicted molar refractivity (Wildman–Crippen MR) is 336 cm³/mol. The Bertz CT molecular complexity index is 2350. The molecule has 0 radical (unpaired) electrons. The lowest BCUT2D eigenvalue weighted by atomic mass is 10.1. The molecule has 0 saturated carbocycles. The molecule has 3 fully saturated rings. The van der Waals surface area contributed by atoms with Gasteiger partial charge in [-0.3, -0.25) is 52.2 Å². The van der Waals surface area contributed by atoms with E-state index in [1.807, 2.05) is 11.8 Å². The topological polar surface area (TPSA) is 380 Å². The summed E-state index contributed by atoms with van der Waals surface area (Å²) in [6.45, 7) is 11.3. The molecule has 8 N–H and O–H groups in total. The third-order valence-corrected chi connectivity index (χ3v) is 23.5. The maximum Gasteiger partial charge on any atom is 0.502 e. The van der Waals surface area contributed by atoms with Gasteiger partial charge in [0.05, 0.1) is 63.3 Å². The van der Waals surface area contributed by atoms with Crippen molar-refractivity contribution in [3.8, 4) is 0 Å². The molecule has 0 aliphatic carbocycles. The molecule has 6 unspecified atom stereocenters. The molecule has 34 heteroatoms. The van der Waals surface area contributed by atoms with Crippen molar-refractivity contribution in [1.29, 1.82) is 0 Å². The van der Waals surface area contributed by atoms with Crippen molar-refractivity contribution in [2.75, 3.05) is 173 Å². The van der Waals surface area contributed by atoms with Crippen molar-refractivity contribution in [3.63, 3.8) is 0 Å². The van der Waals surface area contributed by atoms with Gasteiger partial charge in [0.25, 0.3) is 50.6 Å². The number of unbranched alkanes of at least 4 members (excludes halogenated alkanes) is 12. The Labute approximate surface area is 523 Å². The van der Waals surface area contributed by atoms with Crippen LogP contribution in [-0.4, -0.2) is 333 Å². The van der Waals surface area contributed by atoms with Crippen molar-refractivity contribution in [3.05, 3.63) is 0 Å². The zero-order valence-corrected chi connectivity index (χ0v) is 57.5. The fourth-order valence-electron chi connectivity index (χ4n) is 12.0. The van der Waals surface area contributed by atoms with E-state index in [2.05, 4.69) is 25.8 Å². The minimum absolute atomic E-state index is 0.114. The van der Waals surface area contributed by atoms with Crippen molar-refractivity contribution in [2.45, 2.75) is 166 Å². The van der Waals surface area contributed by atoms with Crippen LogP contribution in [0, 0.1) is 0 Å². The molecule has 0 amide bonds. The zero-order valence-electron chi connectivity index (χ0n) is 52.4. The average molecular weight is 1370 g/mol. The molecule has 0 aromatic heterocycles. The Balaban J connectivity index is 2.22. The number of piperazine rings is 3. The van der Waals surface area contributed by atoms with Gasteiger partial charge in [0.15, 0.2) is 0 Å². The molecule has 3 aliphatic heterocycles. The van der Waals surface area contributed by atoms with Gasteiger partial charge in [0.1, 0.15) is 28.8 Å². The summed E-state index contributed by atoms with van der Waals surface area (Å²) in [7, 11) is -26.5. The monoisotopic (exact) mass is 1370 g/mol. The fraction of sp³-hybridized carbons (Fsp3) is 1.00. The minimum atomic E-state index is -4.92. The van der Waals surface area contributed by atoms with Crippen molar-refractivity contribution in [1.82, 2.24) is 29.4 Å². The van der Waals surface area contributed by atoms with Crippen LogP contribution in [-0.2, 0) is 63.9 Å². The Hall–Kier alpha value is -0.753. The second kappa shape index (κ2) is 39.8. The third-order valence-electron chi connectivity index (χ3n) is 16.5. The van der Waals surface area contributed by atoms with Crippen LogP contribution in [0.5, 0.6) is 0 Å². The number of hydrogen-bond donors (Lipinski definition) is 8. The highest BCUT2D eigenvalue weighted by Gasteiger charge is 2.50. The van der Waals surface area contributed by atoms with E-state index < -0.39 is 125 Å². The fourth-order valence-corrected chi connectivity index (χ4v) is 18.5. The average Bonchev–Trinajstić information content (AvgIpc) is 1.17. The Morgan fingerprint density at radius 2 is 0.598 bits per heavy atom. The van der Waals surface area contributed by atoms with Gasteiger partial charge in [0.2, 0.25) is 0 Å². The molecule has 3 rings (SSSR count). The van der Waals surface area contributed by atoms with Crippen LogP contribution in [0.15, 0.2) is 0 Å². The molecule has 0 aromatic carbocycles. The Kier molecular flexibility index (Phi) is 36.8. The predicted octanol–water partition coefficient (Wildman–Crippen LogP) is 1.20. The molecule has 0 bridgehead atoms. The Morgan fingerprint density at radius 3 is 0.862 bits per heavy atom. The smallest absolute Gasteiger partial charge is 0.392 e. The van der Waals surface area contributed by atoms with Gasteiger partial charge in [-0.25, -0.2) is 0 Å². The molecule has 518 valence electrons. The van der Waals surface area contributed by atoms with Crippen LogP contribution >= 0.6 is 0 Å². The summed E-state index contributed by atoms with van der Waals surface area (Å²) < 4.78 is 198. The van der Waals surface area contributed by atoms with E-state index in [4.69, 9.17) is 13.3 Å². The zero-order chi connectivity index (χ0) is 65.0. The van der Waals surface area contributed by atoms with Crippen LogP contribution < -0.4 is 0 Å². The van der Waals surface area contributed by atoms with Crippen LogP contribution in [0.2, 0.25) is 6.04 Å². The summed E-state index contributed by atoms with van der Waals surface area (Å²) in [5.74, 6) is -4.88. The summed E-state index contributed by atoms with van der Waals surface area (Å²) >= 11 is 0. The summed E-state index contributed by atoms with van der Waals surface area (Å²) in [5.41, 5.74) is 0. The second-order valence-electron chi connectivity index (χ2n) is 25.0. The van der Waals surface area contributed by atoms with E-state index in [-0.39, 0.29) is 97.5 Å². The lowest BCUT2D eigenvalue weighted by Crippen LogP contribution is -2.61. The van der Waals surface area contributed by atoms with E-state index in [1.165, 1.54) is 12.8 Å². The van der Waals surface area contributed by atoms with Gasteiger partial charge in [-0.15, -0.1) is 0 Å². The molecule has 28 nitrogen and oxygen atoms in total. The molecule has 87 heavy (non-hydrogen) atoms. The highest BCUT2D eigenvalue weighted by molar-refractivity contribution is 7.86. The quantitative estimate of drug-likeness (QED) is 0.0184. The third kappa shape index (κ3) is 38.9. The first-order valence-electron chi connectivity index (χ1n) is 31.6. The summed E-state index contributed by atoms with van der Waals surface area (Å²) in [5, 5.41) is 31.3. The molecule has 3 saturated heterocycles. The summed E-state index contributed by atoms with van der Waals surface area (Å²) in [4.78, 5) is 11.1. The Morgan fingerprint density at radius 1 is 0.356 bits per heavy atom. The largest absolute Gasteiger partial charge is 0.502 e. The molecule has 0 spiro atoms. The number of nitrogens with zero attached hydrogens (tertiary/aromatic N) is 7. The van der Waals surface area contributed by atoms with Gasteiger partial charge in [-0.05, 0) is 32.1 Å². The maximum absolute atomic E-state index is 13.2. The molecule has 0 aromatic rings. The highest BCUT2D eigenvalue weighted by Crippen LogP contribution is 2.29. The number of β-amino-alcohol motifs (C(OH)–C–C–N with tert-alkyl or cyclic N) is 3. The van der Waals surface area contributed by atoms with Gasteiger partial charge < -0.3 is 33.1 Å². The van der Waals surface area contributed by atoms with E-state index in [9.17, 15) is 80.2 Å². The summed E-state index contributed by atoms with van der Waals surface area (Å²) in [6.07, 6.45) is 8.04. The molecule has 6 atom stereocenters. The van der Waals surface area contributed by atoms with E-state index in [0.717, 1.165) is 90.1 Å². The van der Waals surface area contributed by atoms with E-state index in [0.29, 0.717) is 50.2 Å². The first kappa shape index (κ1) is 80.5. The lowest BCUT2D eigenvalue weighted by molar-refractivity contribution is -0.910. The minimum Gasteiger partial charge on any atom is -0.392 e. The second-order valence-corrected chi connectivity index (χ2v) is 35.0. The highest BCUT2D eigenvalue weighted by atomic mass is 32.2. The van der Waals surface area contributed by atoms with Crippen LogP contribution in [0.25, 0.3) is 0 Å². The number of aliphatic hydroxyl groups excluding tert-OH is 3. The molecule has 3 heterocycles. The van der Waals surface area contributed by atoms with Crippen LogP contribution in [0.1, 0.15) is 124 Å². The van der Waals surface area contributed by atoms with E-state index in [1.54, 1.807) is 19.6 Å². The molecular formula is C53H112N7O21S5Si+. The molecule has 3 aliphatic rings. The van der Waals surface area contributed by atoms with Crippen LogP contribution in [0.4, 0.5) is 0 Å². The van der Waals surface area contributed by atoms with Crippen molar-refractivity contribution < 1.29 is 97.9 Å². The maximum atomic E-state index is 13.2. The van der Waals surface area contributed by atoms with Gasteiger partial charge >= 0.3 is 8.80 Å². The normalized spacial score (nSPS) is 20.5. The number of quaternary nitrogens is 1. The van der Waals surface area contributed by atoms with Crippen molar-refractivity contribution in [2.24, 2.45) is 0 Å². The van der Waals surface area contributed by atoms with Crippen LogP contribution in [0.3, 0.4) is 0 Å².